The summed E-state index contributed by atoms with van der Waals surface area (Å²) in [6, 6.07) is 18.3. The van der Waals surface area contributed by atoms with Crippen LogP contribution in [0.1, 0.15) is 27.2 Å². The molecular weight excluding hydrogens is 354 g/mol. The Bertz CT molecular complexity index is 1060. The van der Waals surface area contributed by atoms with Gasteiger partial charge in [0.1, 0.15) is 17.6 Å². The molecule has 2 aromatic carbocycles. The van der Waals surface area contributed by atoms with E-state index in [1.165, 1.54) is 5.56 Å². The number of aryl methyl sites for hydroxylation is 2. The summed E-state index contributed by atoms with van der Waals surface area (Å²) in [5, 5.41) is 12.7. The van der Waals surface area contributed by atoms with Crippen molar-refractivity contribution < 1.29 is 13.9 Å². The molecule has 6 nitrogen and oxygen atoms in total. The number of nitriles is 1. The highest BCUT2D eigenvalue weighted by Gasteiger charge is 2.10. The van der Waals surface area contributed by atoms with Gasteiger partial charge in [-0.15, -0.1) is 0 Å². The van der Waals surface area contributed by atoms with Crippen LogP contribution in [0.5, 0.6) is 0 Å². The summed E-state index contributed by atoms with van der Waals surface area (Å²) in [5.74, 6) is 0.627. The summed E-state index contributed by atoms with van der Waals surface area (Å²) < 4.78 is 10.6. The van der Waals surface area contributed by atoms with Crippen LogP contribution in [0.4, 0.5) is 5.69 Å². The average molecular weight is 373 g/mol. The molecule has 1 N–H and O–H groups in total. The average Bonchev–Trinajstić information content (AvgIpc) is 3.17. The number of rotatable bonds is 6. The van der Waals surface area contributed by atoms with Crippen molar-refractivity contribution in [3.8, 4) is 17.4 Å². The lowest BCUT2D eigenvalue weighted by atomic mass is 10.1. The topological polar surface area (TPSA) is 87.6 Å². The Morgan fingerprint density at radius 2 is 2.07 bits per heavy atom. The molecule has 0 amide bonds. The molecule has 0 fully saturated rings. The molecule has 0 aliphatic heterocycles. The van der Waals surface area contributed by atoms with Crippen LogP contribution in [0.25, 0.3) is 11.3 Å². The summed E-state index contributed by atoms with van der Waals surface area (Å²) in [5.41, 5.74) is 7.32. The van der Waals surface area contributed by atoms with Crippen LogP contribution >= 0.6 is 0 Å². The summed E-state index contributed by atoms with van der Waals surface area (Å²) in [6.45, 7) is 3.78. The fraction of sp³-hybridized carbons (Fsp3) is 0.136. The first kappa shape index (κ1) is 18.9. The van der Waals surface area contributed by atoms with Crippen LogP contribution in [0.15, 0.2) is 64.1 Å². The van der Waals surface area contributed by atoms with Gasteiger partial charge < -0.3 is 9.15 Å². The lowest BCUT2D eigenvalue weighted by molar-refractivity contribution is 0.0555. The van der Waals surface area contributed by atoms with Crippen LogP contribution in [0, 0.1) is 25.2 Å². The monoisotopic (exact) mass is 373 g/mol. The molecule has 0 aliphatic carbocycles. The summed E-state index contributed by atoms with van der Waals surface area (Å²) in [6.07, 6.45) is 1.59. The van der Waals surface area contributed by atoms with Crippen LogP contribution < -0.4 is 5.43 Å². The first-order valence-corrected chi connectivity index (χ1v) is 8.67. The SMILES string of the molecule is Cc1ccc(NN=Cc2ccc(-c3cccc(C(=O)OCC#N)c3)o2)c(C)c1. The van der Waals surface area contributed by atoms with E-state index in [4.69, 9.17) is 14.4 Å². The molecule has 0 saturated carbocycles. The smallest absolute Gasteiger partial charge is 0.339 e. The summed E-state index contributed by atoms with van der Waals surface area (Å²) >= 11 is 0. The number of esters is 1. The molecule has 0 atom stereocenters. The third-order valence-electron chi connectivity index (χ3n) is 4.04. The van der Waals surface area contributed by atoms with Gasteiger partial charge in [-0.1, -0.05) is 29.8 Å². The lowest BCUT2D eigenvalue weighted by Gasteiger charge is -2.05. The maximum absolute atomic E-state index is 11.9. The van der Waals surface area contributed by atoms with E-state index in [0.29, 0.717) is 17.1 Å². The first-order chi connectivity index (χ1) is 13.6. The number of ether oxygens (including phenoxy) is 1. The number of benzene rings is 2. The number of carbonyl (C=O) groups is 1. The molecule has 28 heavy (non-hydrogen) atoms. The molecule has 6 heteroatoms. The van der Waals surface area contributed by atoms with Crippen molar-refractivity contribution in [1.29, 1.82) is 5.26 Å². The van der Waals surface area contributed by atoms with Crippen molar-refractivity contribution in [3.05, 3.63) is 77.0 Å². The van der Waals surface area contributed by atoms with Crippen LogP contribution in [0.3, 0.4) is 0 Å². The van der Waals surface area contributed by atoms with Crippen molar-refractivity contribution in [2.45, 2.75) is 13.8 Å². The van der Waals surface area contributed by atoms with E-state index in [9.17, 15) is 4.79 Å². The zero-order valence-electron chi connectivity index (χ0n) is 15.6. The molecule has 140 valence electrons. The zero-order valence-corrected chi connectivity index (χ0v) is 15.6. The second kappa shape index (κ2) is 8.69. The lowest BCUT2D eigenvalue weighted by Crippen LogP contribution is -2.05. The summed E-state index contributed by atoms with van der Waals surface area (Å²) in [4.78, 5) is 11.9. The van der Waals surface area contributed by atoms with Gasteiger partial charge in [0.15, 0.2) is 6.61 Å². The normalized spacial score (nSPS) is 10.6. The number of nitrogens with zero attached hydrogens (tertiary/aromatic N) is 2. The molecule has 0 aliphatic rings. The molecule has 0 spiro atoms. The predicted molar refractivity (Wildman–Crippen MR) is 107 cm³/mol. The molecular formula is C22H19N3O3. The Morgan fingerprint density at radius 1 is 1.21 bits per heavy atom. The molecule has 0 bridgehead atoms. The van der Waals surface area contributed by atoms with E-state index in [1.54, 1.807) is 42.6 Å². The van der Waals surface area contributed by atoms with Crippen molar-refractivity contribution in [2.75, 3.05) is 12.0 Å². The van der Waals surface area contributed by atoms with Gasteiger partial charge in [-0.05, 0) is 49.7 Å². The second-order valence-corrected chi connectivity index (χ2v) is 6.21. The van der Waals surface area contributed by atoms with Crippen LogP contribution in [-0.4, -0.2) is 18.8 Å². The minimum Gasteiger partial charge on any atom is -0.455 e. The van der Waals surface area contributed by atoms with E-state index >= 15 is 0 Å². The van der Waals surface area contributed by atoms with Gasteiger partial charge in [0.2, 0.25) is 0 Å². The standard InChI is InChI=1S/C22H19N3O3/c1-15-6-8-20(16(2)12-15)25-24-14-19-7-9-21(28-19)17-4-3-5-18(13-17)22(26)27-11-10-23/h3-9,12-14,25H,11H2,1-2H3. The van der Waals surface area contributed by atoms with Gasteiger partial charge in [-0.2, -0.15) is 10.4 Å². The minimum absolute atomic E-state index is 0.280. The maximum Gasteiger partial charge on any atom is 0.339 e. The molecule has 0 radical (unpaired) electrons. The largest absolute Gasteiger partial charge is 0.455 e. The molecule has 1 aromatic heterocycles. The van der Waals surface area contributed by atoms with E-state index in [0.717, 1.165) is 16.8 Å². The zero-order chi connectivity index (χ0) is 19.9. The number of nitrogens with one attached hydrogen (secondary N) is 1. The van der Waals surface area contributed by atoms with Gasteiger partial charge >= 0.3 is 5.97 Å². The van der Waals surface area contributed by atoms with Crippen molar-refractivity contribution in [2.24, 2.45) is 5.10 Å². The second-order valence-electron chi connectivity index (χ2n) is 6.21. The number of carbonyl (C=O) groups excluding carboxylic acids is 1. The third-order valence-corrected chi connectivity index (χ3v) is 4.04. The van der Waals surface area contributed by atoms with Gasteiger partial charge in [-0.3, -0.25) is 5.43 Å². The Hall–Kier alpha value is -3.85. The highest BCUT2D eigenvalue weighted by Crippen LogP contribution is 2.23. The fourth-order valence-electron chi connectivity index (χ4n) is 2.66. The number of furan rings is 1. The van der Waals surface area contributed by atoms with E-state index in [1.807, 2.05) is 32.0 Å². The first-order valence-electron chi connectivity index (χ1n) is 8.67. The van der Waals surface area contributed by atoms with E-state index < -0.39 is 5.97 Å². The fourth-order valence-corrected chi connectivity index (χ4v) is 2.66. The van der Waals surface area contributed by atoms with Gasteiger partial charge in [0, 0.05) is 5.56 Å². The highest BCUT2D eigenvalue weighted by atomic mass is 16.5. The quantitative estimate of drug-likeness (QED) is 0.385. The summed E-state index contributed by atoms with van der Waals surface area (Å²) in [7, 11) is 0. The van der Waals surface area contributed by atoms with Gasteiger partial charge in [-0.25, -0.2) is 4.79 Å². The molecule has 3 aromatic rings. The Morgan fingerprint density at radius 3 is 2.86 bits per heavy atom. The number of hydrazone groups is 1. The van der Waals surface area contributed by atoms with Crippen LogP contribution in [0.2, 0.25) is 0 Å². The minimum atomic E-state index is -0.547. The highest BCUT2D eigenvalue weighted by molar-refractivity contribution is 5.91. The molecule has 0 unspecified atom stereocenters. The number of hydrogen-bond acceptors (Lipinski definition) is 6. The number of anilines is 1. The van der Waals surface area contributed by atoms with E-state index in [-0.39, 0.29) is 6.61 Å². The third kappa shape index (κ3) is 4.65. The Kier molecular flexibility index (Phi) is 5.87. The molecule has 0 saturated heterocycles. The Balaban J connectivity index is 1.70. The van der Waals surface area contributed by atoms with Gasteiger partial charge in [0.05, 0.1) is 17.5 Å². The van der Waals surface area contributed by atoms with E-state index in [2.05, 4.69) is 16.6 Å². The van der Waals surface area contributed by atoms with Crippen molar-refractivity contribution in [1.82, 2.24) is 0 Å². The van der Waals surface area contributed by atoms with Crippen molar-refractivity contribution in [3.63, 3.8) is 0 Å². The van der Waals surface area contributed by atoms with Crippen molar-refractivity contribution >= 4 is 17.9 Å². The molecule has 3 rings (SSSR count). The predicted octanol–water partition coefficient (Wildman–Crippen LogP) is 4.69. The maximum atomic E-state index is 11.9. The number of hydrogen-bond donors (Lipinski definition) is 1. The van der Waals surface area contributed by atoms with Crippen LogP contribution in [-0.2, 0) is 4.74 Å². The van der Waals surface area contributed by atoms with Gasteiger partial charge in [0.25, 0.3) is 0 Å². The Labute approximate surface area is 163 Å². The molecule has 1 heterocycles.